The van der Waals surface area contributed by atoms with E-state index in [9.17, 15) is 10.1 Å². The predicted octanol–water partition coefficient (Wildman–Crippen LogP) is 2.48. The molecule has 0 unspecified atom stereocenters. The van der Waals surface area contributed by atoms with Crippen LogP contribution >= 0.6 is 11.3 Å². The highest BCUT2D eigenvalue weighted by Gasteiger charge is 2.07. The van der Waals surface area contributed by atoms with Gasteiger partial charge in [-0.2, -0.15) is 0 Å². The Hall–Kier alpha value is -1.79. The number of nitrogens with one attached hydrogen (secondary N) is 1. The Morgan fingerprint density at radius 1 is 1.39 bits per heavy atom. The summed E-state index contributed by atoms with van der Waals surface area (Å²) in [6.07, 6.45) is 0.897. The Morgan fingerprint density at radius 3 is 2.72 bits per heavy atom. The lowest BCUT2D eigenvalue weighted by molar-refractivity contribution is -0.384. The van der Waals surface area contributed by atoms with Crippen LogP contribution in [0.15, 0.2) is 29.6 Å². The van der Waals surface area contributed by atoms with Crippen LogP contribution in [-0.2, 0) is 6.42 Å². The summed E-state index contributed by atoms with van der Waals surface area (Å²) in [5.74, 6) is 0. The first kappa shape index (κ1) is 12.7. The number of nitrogens with zero attached hydrogens (tertiary/aromatic N) is 2. The molecule has 0 spiro atoms. The molecule has 1 aromatic carbocycles. The molecule has 0 bridgehead atoms. The Balaban J connectivity index is 2.15. The van der Waals surface area contributed by atoms with Gasteiger partial charge < -0.3 is 5.32 Å². The summed E-state index contributed by atoms with van der Waals surface area (Å²) in [6.45, 7) is 0.896. The number of benzene rings is 1. The van der Waals surface area contributed by atoms with E-state index < -0.39 is 4.92 Å². The maximum atomic E-state index is 10.6. The van der Waals surface area contributed by atoms with E-state index in [2.05, 4.69) is 10.3 Å². The number of nitro benzene ring substituents is 1. The Morgan fingerprint density at radius 2 is 2.11 bits per heavy atom. The quantitative estimate of drug-likeness (QED) is 0.664. The van der Waals surface area contributed by atoms with Gasteiger partial charge in [0.25, 0.3) is 5.69 Å². The van der Waals surface area contributed by atoms with Gasteiger partial charge in [0.2, 0.25) is 0 Å². The molecule has 0 fully saturated rings. The zero-order chi connectivity index (χ0) is 13.0. The van der Waals surface area contributed by atoms with E-state index in [1.54, 1.807) is 23.5 Å². The zero-order valence-corrected chi connectivity index (χ0v) is 10.7. The molecular weight excluding hydrogens is 250 g/mol. The van der Waals surface area contributed by atoms with E-state index in [0.29, 0.717) is 0 Å². The third kappa shape index (κ3) is 2.91. The van der Waals surface area contributed by atoms with Crippen LogP contribution in [0.25, 0.3) is 11.3 Å². The normalized spacial score (nSPS) is 10.5. The molecule has 0 aliphatic heterocycles. The van der Waals surface area contributed by atoms with Crippen molar-refractivity contribution in [3.8, 4) is 11.3 Å². The third-order valence-electron chi connectivity index (χ3n) is 2.51. The van der Waals surface area contributed by atoms with Crippen LogP contribution in [0.4, 0.5) is 5.69 Å². The van der Waals surface area contributed by atoms with Crippen LogP contribution in [0.1, 0.15) is 5.01 Å². The second kappa shape index (κ2) is 5.70. The molecule has 0 saturated heterocycles. The summed E-state index contributed by atoms with van der Waals surface area (Å²) in [7, 11) is 1.91. The molecule has 0 radical (unpaired) electrons. The van der Waals surface area contributed by atoms with Crippen LogP contribution in [-0.4, -0.2) is 23.5 Å². The fourth-order valence-corrected chi connectivity index (χ4v) is 2.35. The average Bonchev–Trinajstić information content (AvgIpc) is 2.85. The number of rotatable bonds is 5. The first-order valence-corrected chi connectivity index (χ1v) is 6.42. The van der Waals surface area contributed by atoms with Crippen molar-refractivity contribution in [2.75, 3.05) is 13.6 Å². The van der Waals surface area contributed by atoms with Gasteiger partial charge in [-0.3, -0.25) is 10.1 Å². The molecule has 0 saturated carbocycles. The van der Waals surface area contributed by atoms with Gasteiger partial charge in [0, 0.05) is 36.0 Å². The first-order chi connectivity index (χ1) is 8.70. The summed E-state index contributed by atoms with van der Waals surface area (Å²) >= 11 is 1.61. The van der Waals surface area contributed by atoms with Crippen molar-refractivity contribution in [1.29, 1.82) is 0 Å². The monoisotopic (exact) mass is 263 g/mol. The van der Waals surface area contributed by atoms with Crippen molar-refractivity contribution < 1.29 is 4.92 Å². The standard InChI is InChI=1S/C12H13N3O2S/c1-13-7-6-12-14-11(8-18-12)9-2-4-10(5-3-9)15(16)17/h2-5,8,13H,6-7H2,1H3. The minimum absolute atomic E-state index is 0.101. The van der Waals surface area contributed by atoms with Gasteiger partial charge in [-0.05, 0) is 19.2 Å². The highest BCUT2D eigenvalue weighted by Crippen LogP contribution is 2.24. The van der Waals surface area contributed by atoms with E-state index in [0.717, 1.165) is 29.2 Å². The second-order valence-corrected chi connectivity index (χ2v) is 4.73. The number of hydrogen-bond donors (Lipinski definition) is 1. The van der Waals surface area contributed by atoms with E-state index in [1.165, 1.54) is 12.1 Å². The van der Waals surface area contributed by atoms with Crippen molar-refractivity contribution in [3.63, 3.8) is 0 Å². The van der Waals surface area contributed by atoms with Gasteiger partial charge in [-0.25, -0.2) is 4.98 Å². The molecule has 2 aromatic rings. The fourth-order valence-electron chi connectivity index (χ4n) is 1.54. The molecule has 1 aromatic heterocycles. The summed E-state index contributed by atoms with van der Waals surface area (Å²) in [6, 6.07) is 6.47. The number of nitro groups is 1. The Labute approximate surface area is 109 Å². The topological polar surface area (TPSA) is 68.1 Å². The van der Waals surface area contributed by atoms with Crippen molar-refractivity contribution in [1.82, 2.24) is 10.3 Å². The molecule has 1 heterocycles. The van der Waals surface area contributed by atoms with Crippen LogP contribution < -0.4 is 5.32 Å². The van der Waals surface area contributed by atoms with Crippen molar-refractivity contribution in [2.24, 2.45) is 0 Å². The molecule has 0 aliphatic carbocycles. The van der Waals surface area contributed by atoms with Gasteiger partial charge in [-0.1, -0.05) is 0 Å². The molecular formula is C12H13N3O2S. The smallest absolute Gasteiger partial charge is 0.269 e. The number of hydrogen-bond acceptors (Lipinski definition) is 5. The number of thiazole rings is 1. The second-order valence-electron chi connectivity index (χ2n) is 3.78. The third-order valence-corrected chi connectivity index (χ3v) is 3.42. The molecule has 18 heavy (non-hydrogen) atoms. The molecule has 2 rings (SSSR count). The molecule has 5 nitrogen and oxygen atoms in total. The Bertz CT molecular complexity index is 537. The van der Waals surface area contributed by atoms with E-state index in [1.807, 2.05) is 12.4 Å². The summed E-state index contributed by atoms with van der Waals surface area (Å²) in [5, 5.41) is 16.7. The molecule has 6 heteroatoms. The van der Waals surface area contributed by atoms with Gasteiger partial charge in [0.05, 0.1) is 15.6 Å². The average molecular weight is 263 g/mol. The lowest BCUT2D eigenvalue weighted by atomic mass is 10.1. The molecule has 0 amide bonds. The van der Waals surface area contributed by atoms with Gasteiger partial charge in [0.1, 0.15) is 0 Å². The van der Waals surface area contributed by atoms with E-state index in [-0.39, 0.29) is 5.69 Å². The maximum absolute atomic E-state index is 10.6. The summed E-state index contributed by atoms with van der Waals surface area (Å²) < 4.78 is 0. The van der Waals surface area contributed by atoms with Crippen LogP contribution in [0.2, 0.25) is 0 Å². The minimum atomic E-state index is -0.400. The lowest BCUT2D eigenvalue weighted by Crippen LogP contribution is -2.09. The highest BCUT2D eigenvalue weighted by molar-refractivity contribution is 7.09. The number of non-ortho nitro benzene ring substituents is 1. The Kier molecular flexibility index (Phi) is 4.01. The predicted molar refractivity (Wildman–Crippen MR) is 71.8 cm³/mol. The first-order valence-electron chi connectivity index (χ1n) is 5.54. The molecule has 94 valence electrons. The van der Waals surface area contributed by atoms with Crippen LogP contribution in [0, 0.1) is 10.1 Å². The van der Waals surface area contributed by atoms with Gasteiger partial charge >= 0.3 is 0 Å². The SMILES string of the molecule is CNCCc1nc(-c2ccc([N+](=O)[O-])cc2)cs1. The molecule has 0 aliphatic rings. The molecule has 1 N–H and O–H groups in total. The van der Waals surface area contributed by atoms with Gasteiger partial charge in [-0.15, -0.1) is 11.3 Å². The largest absolute Gasteiger partial charge is 0.319 e. The summed E-state index contributed by atoms with van der Waals surface area (Å²) in [5.41, 5.74) is 1.89. The minimum Gasteiger partial charge on any atom is -0.319 e. The number of aromatic nitrogens is 1. The number of likely N-dealkylation sites (N-methyl/N-ethyl adjacent to an activating group) is 1. The highest BCUT2D eigenvalue weighted by atomic mass is 32.1. The van der Waals surface area contributed by atoms with E-state index >= 15 is 0 Å². The molecule has 0 atom stereocenters. The van der Waals surface area contributed by atoms with Gasteiger partial charge in [0.15, 0.2) is 0 Å². The summed E-state index contributed by atoms with van der Waals surface area (Å²) in [4.78, 5) is 14.7. The lowest BCUT2D eigenvalue weighted by Gasteiger charge is -1.96. The van der Waals surface area contributed by atoms with E-state index in [4.69, 9.17) is 0 Å². The maximum Gasteiger partial charge on any atom is 0.269 e. The van der Waals surface area contributed by atoms with Crippen LogP contribution in [0.5, 0.6) is 0 Å². The van der Waals surface area contributed by atoms with Crippen LogP contribution in [0.3, 0.4) is 0 Å². The fraction of sp³-hybridized carbons (Fsp3) is 0.250. The van der Waals surface area contributed by atoms with Crippen molar-refractivity contribution in [2.45, 2.75) is 6.42 Å². The zero-order valence-electron chi connectivity index (χ0n) is 9.92. The van der Waals surface area contributed by atoms with Crippen molar-refractivity contribution >= 4 is 17.0 Å². The van der Waals surface area contributed by atoms with Crippen molar-refractivity contribution in [3.05, 3.63) is 44.8 Å².